The molecule has 0 aliphatic carbocycles. The van der Waals surface area contributed by atoms with Crippen molar-refractivity contribution in [2.75, 3.05) is 17.1 Å². The normalized spacial score (nSPS) is 10.9. The molecular weight excluding hydrogens is 458 g/mol. The SMILES string of the molecule is COc1ccc(CC(=O)NC(=S)Nc2ccc(S(=O)(=O)Nc3cc(C)cc(C)c3)cc2)cc1. The van der Waals surface area contributed by atoms with Gasteiger partial charge in [0, 0.05) is 11.4 Å². The lowest BCUT2D eigenvalue weighted by Gasteiger charge is -2.12. The van der Waals surface area contributed by atoms with Gasteiger partial charge in [0.1, 0.15) is 5.75 Å². The third-order valence-corrected chi connectivity index (χ3v) is 6.27. The molecule has 0 heterocycles. The standard InChI is InChI=1S/C24H25N3O4S2/c1-16-12-17(2)14-20(13-16)27-33(29,30)22-10-6-19(7-11-22)25-24(32)26-23(28)15-18-4-8-21(31-3)9-5-18/h4-14,27H,15H2,1-3H3,(H2,25,26,28,32). The number of thiocarbonyl (C=S) groups is 1. The van der Waals surface area contributed by atoms with Gasteiger partial charge in [-0.2, -0.15) is 0 Å². The number of hydrogen-bond donors (Lipinski definition) is 3. The van der Waals surface area contributed by atoms with Gasteiger partial charge < -0.3 is 15.4 Å². The van der Waals surface area contributed by atoms with E-state index in [0.29, 0.717) is 17.1 Å². The van der Waals surface area contributed by atoms with Gasteiger partial charge in [0.25, 0.3) is 10.0 Å². The van der Waals surface area contributed by atoms with E-state index in [1.165, 1.54) is 12.1 Å². The van der Waals surface area contributed by atoms with E-state index in [-0.39, 0.29) is 22.3 Å². The smallest absolute Gasteiger partial charge is 0.261 e. The number of ether oxygens (including phenoxy) is 1. The van der Waals surface area contributed by atoms with E-state index in [0.717, 1.165) is 16.7 Å². The van der Waals surface area contributed by atoms with Crippen LogP contribution in [0.15, 0.2) is 71.6 Å². The van der Waals surface area contributed by atoms with Gasteiger partial charge >= 0.3 is 0 Å². The summed E-state index contributed by atoms with van der Waals surface area (Å²) < 4.78 is 33.1. The molecule has 33 heavy (non-hydrogen) atoms. The zero-order valence-electron chi connectivity index (χ0n) is 18.5. The number of anilines is 2. The average Bonchev–Trinajstić information content (AvgIpc) is 2.73. The number of carbonyl (C=O) groups is 1. The van der Waals surface area contributed by atoms with E-state index in [2.05, 4.69) is 15.4 Å². The molecule has 0 unspecified atom stereocenters. The van der Waals surface area contributed by atoms with Crippen molar-refractivity contribution in [1.82, 2.24) is 5.32 Å². The lowest BCUT2D eigenvalue weighted by Crippen LogP contribution is -2.35. The lowest BCUT2D eigenvalue weighted by molar-refractivity contribution is -0.119. The van der Waals surface area contributed by atoms with E-state index in [9.17, 15) is 13.2 Å². The van der Waals surface area contributed by atoms with E-state index < -0.39 is 10.0 Å². The number of hydrogen-bond acceptors (Lipinski definition) is 5. The van der Waals surface area contributed by atoms with Gasteiger partial charge in [-0.05, 0) is 91.3 Å². The van der Waals surface area contributed by atoms with E-state index in [4.69, 9.17) is 17.0 Å². The van der Waals surface area contributed by atoms with Crippen LogP contribution in [0.1, 0.15) is 16.7 Å². The fraction of sp³-hybridized carbons (Fsp3) is 0.167. The summed E-state index contributed by atoms with van der Waals surface area (Å²) in [4.78, 5) is 12.3. The molecule has 3 rings (SSSR count). The third-order valence-electron chi connectivity index (χ3n) is 4.67. The van der Waals surface area contributed by atoms with Crippen molar-refractivity contribution in [2.45, 2.75) is 25.2 Å². The quantitative estimate of drug-likeness (QED) is 0.437. The molecule has 0 bridgehead atoms. The lowest BCUT2D eigenvalue weighted by atomic mass is 10.1. The van der Waals surface area contributed by atoms with Crippen molar-refractivity contribution >= 4 is 44.6 Å². The predicted molar refractivity (Wildman–Crippen MR) is 134 cm³/mol. The average molecular weight is 484 g/mol. The molecular formula is C24H25N3O4S2. The number of amides is 1. The summed E-state index contributed by atoms with van der Waals surface area (Å²) in [5, 5.41) is 5.62. The summed E-state index contributed by atoms with van der Waals surface area (Å²) in [6.07, 6.45) is 0.160. The van der Waals surface area contributed by atoms with Gasteiger partial charge in [-0.15, -0.1) is 0 Å². The molecule has 0 aliphatic heterocycles. The van der Waals surface area contributed by atoms with Gasteiger partial charge in [-0.3, -0.25) is 9.52 Å². The number of nitrogens with one attached hydrogen (secondary N) is 3. The van der Waals surface area contributed by atoms with Crippen LogP contribution in [0, 0.1) is 13.8 Å². The minimum Gasteiger partial charge on any atom is -0.497 e. The Morgan fingerprint density at radius 3 is 2.09 bits per heavy atom. The molecule has 1 amide bonds. The Morgan fingerprint density at radius 2 is 1.52 bits per heavy atom. The Kier molecular flexibility index (Phi) is 7.67. The highest BCUT2D eigenvalue weighted by Crippen LogP contribution is 2.20. The molecule has 0 aromatic heterocycles. The Hall–Kier alpha value is -3.43. The molecule has 0 spiro atoms. The number of aryl methyl sites for hydroxylation is 2. The molecule has 9 heteroatoms. The van der Waals surface area contributed by atoms with Crippen LogP contribution >= 0.6 is 12.2 Å². The van der Waals surface area contributed by atoms with Crippen molar-refractivity contribution < 1.29 is 17.9 Å². The maximum atomic E-state index is 12.7. The molecule has 3 aromatic carbocycles. The van der Waals surface area contributed by atoms with Crippen LogP contribution in [-0.2, 0) is 21.2 Å². The summed E-state index contributed by atoms with van der Waals surface area (Å²) in [5.41, 5.74) is 3.82. The van der Waals surface area contributed by atoms with Crippen molar-refractivity contribution in [3.05, 3.63) is 83.4 Å². The topological polar surface area (TPSA) is 96.5 Å². The molecule has 172 valence electrons. The Bertz CT molecular complexity index is 1240. The second-order valence-corrected chi connectivity index (χ2v) is 9.62. The number of rotatable bonds is 7. The van der Waals surface area contributed by atoms with Gasteiger partial charge in [0.05, 0.1) is 18.4 Å². The first kappa shape index (κ1) is 24.2. The molecule has 0 atom stereocenters. The zero-order chi connectivity index (χ0) is 24.0. The monoisotopic (exact) mass is 483 g/mol. The highest BCUT2D eigenvalue weighted by Gasteiger charge is 2.15. The maximum absolute atomic E-state index is 12.7. The minimum atomic E-state index is -3.74. The van der Waals surface area contributed by atoms with E-state index in [1.54, 1.807) is 55.6 Å². The van der Waals surface area contributed by atoms with Crippen LogP contribution in [0.4, 0.5) is 11.4 Å². The molecule has 0 fully saturated rings. The highest BCUT2D eigenvalue weighted by molar-refractivity contribution is 7.92. The summed E-state index contributed by atoms with van der Waals surface area (Å²) in [5.74, 6) is 0.445. The fourth-order valence-electron chi connectivity index (χ4n) is 3.23. The van der Waals surface area contributed by atoms with Crippen LogP contribution in [0.25, 0.3) is 0 Å². The van der Waals surface area contributed by atoms with E-state index >= 15 is 0 Å². The zero-order valence-corrected chi connectivity index (χ0v) is 20.1. The van der Waals surface area contributed by atoms with Gasteiger partial charge in [0.15, 0.2) is 5.11 Å². The van der Waals surface area contributed by atoms with Gasteiger partial charge in [-0.1, -0.05) is 18.2 Å². The molecule has 3 aromatic rings. The Morgan fingerprint density at radius 1 is 0.909 bits per heavy atom. The number of sulfonamides is 1. The number of methoxy groups -OCH3 is 1. The van der Waals surface area contributed by atoms with Crippen LogP contribution in [0.3, 0.4) is 0 Å². The molecule has 0 radical (unpaired) electrons. The number of carbonyl (C=O) groups excluding carboxylic acids is 1. The second-order valence-electron chi connectivity index (χ2n) is 7.53. The highest BCUT2D eigenvalue weighted by atomic mass is 32.2. The van der Waals surface area contributed by atoms with Crippen molar-refractivity contribution in [2.24, 2.45) is 0 Å². The van der Waals surface area contributed by atoms with Crippen molar-refractivity contribution in [1.29, 1.82) is 0 Å². The molecule has 7 nitrogen and oxygen atoms in total. The summed E-state index contributed by atoms with van der Waals surface area (Å²) in [6.45, 7) is 3.81. The first-order valence-corrected chi connectivity index (χ1v) is 12.0. The van der Waals surface area contributed by atoms with Crippen LogP contribution < -0.4 is 20.1 Å². The van der Waals surface area contributed by atoms with Crippen LogP contribution in [-0.4, -0.2) is 26.5 Å². The Balaban J connectivity index is 1.57. The molecule has 0 aliphatic rings. The van der Waals surface area contributed by atoms with Crippen molar-refractivity contribution in [3.63, 3.8) is 0 Å². The third kappa shape index (κ3) is 7.03. The first-order chi connectivity index (χ1) is 15.6. The largest absolute Gasteiger partial charge is 0.497 e. The predicted octanol–water partition coefficient (Wildman–Crippen LogP) is 4.17. The second kappa shape index (κ2) is 10.5. The van der Waals surface area contributed by atoms with Crippen LogP contribution in [0.2, 0.25) is 0 Å². The van der Waals surface area contributed by atoms with Crippen LogP contribution in [0.5, 0.6) is 5.75 Å². The summed E-state index contributed by atoms with van der Waals surface area (Å²) in [6, 6.07) is 18.8. The first-order valence-electron chi connectivity index (χ1n) is 10.1. The fourth-order valence-corrected chi connectivity index (χ4v) is 4.50. The minimum absolute atomic E-state index is 0.113. The van der Waals surface area contributed by atoms with Crippen molar-refractivity contribution in [3.8, 4) is 5.75 Å². The van der Waals surface area contributed by atoms with E-state index in [1.807, 2.05) is 19.9 Å². The number of benzene rings is 3. The maximum Gasteiger partial charge on any atom is 0.261 e. The summed E-state index contributed by atoms with van der Waals surface area (Å²) >= 11 is 5.19. The Labute approximate surface area is 199 Å². The molecule has 3 N–H and O–H groups in total. The van der Waals surface area contributed by atoms with Gasteiger partial charge in [0.2, 0.25) is 5.91 Å². The molecule has 0 saturated heterocycles. The van der Waals surface area contributed by atoms with Gasteiger partial charge in [-0.25, -0.2) is 8.42 Å². The summed E-state index contributed by atoms with van der Waals surface area (Å²) in [7, 11) is -2.16. The molecule has 0 saturated carbocycles.